The van der Waals surface area contributed by atoms with Crippen molar-refractivity contribution in [3.63, 3.8) is 0 Å². The number of ether oxygens (including phenoxy) is 3. The predicted octanol–water partition coefficient (Wildman–Crippen LogP) is 3.46. The minimum atomic E-state index is 0.139. The first-order valence-corrected chi connectivity index (χ1v) is 11.0. The van der Waals surface area contributed by atoms with E-state index < -0.39 is 0 Å². The van der Waals surface area contributed by atoms with Gasteiger partial charge >= 0.3 is 0 Å². The van der Waals surface area contributed by atoms with Crippen molar-refractivity contribution in [1.82, 2.24) is 10.6 Å². The molecule has 1 fully saturated rings. The smallest absolute Gasteiger partial charge is 0.191 e. The molecule has 0 radical (unpaired) electrons. The SMILES string of the molecule is CCNC(=NCC1CCCOC1c1ccc(C)cc1)NCCCCOCCOC. The van der Waals surface area contributed by atoms with Gasteiger partial charge in [0.25, 0.3) is 0 Å². The first-order chi connectivity index (χ1) is 14.2. The van der Waals surface area contributed by atoms with Crippen LogP contribution in [-0.4, -0.2) is 59.1 Å². The number of benzene rings is 1. The number of nitrogens with one attached hydrogen (secondary N) is 2. The van der Waals surface area contributed by atoms with Gasteiger partial charge in [-0.2, -0.15) is 0 Å². The Balaban J connectivity index is 1.80. The van der Waals surface area contributed by atoms with E-state index in [0.717, 1.165) is 64.5 Å². The van der Waals surface area contributed by atoms with Gasteiger partial charge in [0.1, 0.15) is 0 Å². The Bertz CT molecular complexity index is 577. The molecule has 1 aromatic carbocycles. The highest BCUT2D eigenvalue weighted by atomic mass is 16.5. The van der Waals surface area contributed by atoms with Crippen molar-refractivity contribution in [3.8, 4) is 0 Å². The van der Waals surface area contributed by atoms with Crippen LogP contribution >= 0.6 is 0 Å². The van der Waals surface area contributed by atoms with E-state index in [2.05, 4.69) is 48.7 Å². The Kier molecular flexibility index (Phi) is 11.7. The van der Waals surface area contributed by atoms with Gasteiger partial charge in [0, 0.05) is 45.9 Å². The van der Waals surface area contributed by atoms with E-state index in [0.29, 0.717) is 19.1 Å². The summed E-state index contributed by atoms with van der Waals surface area (Å²) in [4.78, 5) is 4.86. The quantitative estimate of drug-likeness (QED) is 0.317. The number of nitrogens with zero attached hydrogens (tertiary/aromatic N) is 1. The van der Waals surface area contributed by atoms with E-state index in [1.165, 1.54) is 11.1 Å². The van der Waals surface area contributed by atoms with E-state index in [-0.39, 0.29) is 6.10 Å². The zero-order valence-corrected chi connectivity index (χ0v) is 18.4. The van der Waals surface area contributed by atoms with Gasteiger partial charge in [0.2, 0.25) is 0 Å². The number of unbranched alkanes of at least 4 members (excludes halogenated alkanes) is 1. The summed E-state index contributed by atoms with van der Waals surface area (Å²) in [6.07, 6.45) is 4.48. The molecule has 0 saturated carbocycles. The maximum atomic E-state index is 6.13. The van der Waals surface area contributed by atoms with Crippen LogP contribution in [0.4, 0.5) is 0 Å². The van der Waals surface area contributed by atoms with Crippen LogP contribution in [0.3, 0.4) is 0 Å². The predicted molar refractivity (Wildman–Crippen MR) is 119 cm³/mol. The van der Waals surface area contributed by atoms with Gasteiger partial charge in [-0.25, -0.2) is 0 Å². The molecule has 1 aromatic rings. The Labute approximate surface area is 176 Å². The molecule has 0 amide bonds. The fourth-order valence-corrected chi connectivity index (χ4v) is 3.49. The molecular weight excluding hydrogens is 366 g/mol. The minimum absolute atomic E-state index is 0.139. The Morgan fingerprint density at radius 1 is 1.14 bits per heavy atom. The van der Waals surface area contributed by atoms with Crippen molar-refractivity contribution in [2.75, 3.05) is 53.2 Å². The molecular formula is C23H39N3O3. The molecule has 1 aliphatic rings. The number of aryl methyl sites for hydroxylation is 1. The zero-order chi connectivity index (χ0) is 20.7. The lowest BCUT2D eigenvalue weighted by atomic mass is 9.89. The third-order valence-corrected chi connectivity index (χ3v) is 5.12. The molecule has 2 atom stereocenters. The fraction of sp³-hybridized carbons (Fsp3) is 0.696. The van der Waals surface area contributed by atoms with Gasteiger partial charge in [-0.15, -0.1) is 0 Å². The average molecular weight is 406 g/mol. The molecule has 0 bridgehead atoms. The molecule has 0 aromatic heterocycles. The van der Waals surface area contributed by atoms with E-state index in [9.17, 15) is 0 Å². The van der Waals surface area contributed by atoms with Gasteiger partial charge in [0.15, 0.2) is 5.96 Å². The highest BCUT2D eigenvalue weighted by Crippen LogP contribution is 2.33. The highest BCUT2D eigenvalue weighted by Gasteiger charge is 2.27. The maximum Gasteiger partial charge on any atom is 0.191 e. The fourth-order valence-electron chi connectivity index (χ4n) is 3.49. The van der Waals surface area contributed by atoms with Gasteiger partial charge in [-0.3, -0.25) is 4.99 Å². The third kappa shape index (κ3) is 9.15. The molecule has 29 heavy (non-hydrogen) atoms. The number of rotatable bonds is 12. The van der Waals surface area contributed by atoms with E-state index in [4.69, 9.17) is 19.2 Å². The molecule has 2 unspecified atom stereocenters. The Hall–Kier alpha value is -1.63. The summed E-state index contributed by atoms with van der Waals surface area (Å²) < 4.78 is 16.6. The summed E-state index contributed by atoms with van der Waals surface area (Å²) in [5.41, 5.74) is 2.55. The summed E-state index contributed by atoms with van der Waals surface area (Å²) in [5, 5.41) is 6.80. The van der Waals surface area contributed by atoms with Crippen molar-refractivity contribution in [1.29, 1.82) is 0 Å². The zero-order valence-electron chi connectivity index (χ0n) is 18.4. The molecule has 6 nitrogen and oxygen atoms in total. The van der Waals surface area contributed by atoms with Crippen LogP contribution in [0, 0.1) is 12.8 Å². The second-order valence-electron chi connectivity index (χ2n) is 7.56. The van der Waals surface area contributed by atoms with Gasteiger partial charge < -0.3 is 24.8 Å². The normalized spacial score (nSPS) is 19.9. The van der Waals surface area contributed by atoms with Gasteiger partial charge in [-0.05, 0) is 45.1 Å². The van der Waals surface area contributed by atoms with Crippen LogP contribution in [-0.2, 0) is 14.2 Å². The topological polar surface area (TPSA) is 64.1 Å². The highest BCUT2D eigenvalue weighted by molar-refractivity contribution is 5.79. The maximum absolute atomic E-state index is 6.13. The van der Waals surface area contributed by atoms with Crippen molar-refractivity contribution in [3.05, 3.63) is 35.4 Å². The summed E-state index contributed by atoms with van der Waals surface area (Å²) in [6, 6.07) is 8.72. The van der Waals surface area contributed by atoms with Crippen LogP contribution in [0.5, 0.6) is 0 Å². The number of methoxy groups -OCH3 is 1. The van der Waals surface area contributed by atoms with E-state index in [1.54, 1.807) is 7.11 Å². The van der Waals surface area contributed by atoms with Crippen LogP contribution in [0.2, 0.25) is 0 Å². The molecule has 0 spiro atoms. The second-order valence-corrected chi connectivity index (χ2v) is 7.56. The molecule has 0 aliphatic carbocycles. The van der Waals surface area contributed by atoms with E-state index in [1.807, 2.05) is 0 Å². The van der Waals surface area contributed by atoms with Crippen LogP contribution in [0.25, 0.3) is 0 Å². The Morgan fingerprint density at radius 2 is 1.97 bits per heavy atom. The third-order valence-electron chi connectivity index (χ3n) is 5.12. The van der Waals surface area contributed by atoms with Crippen molar-refractivity contribution in [2.24, 2.45) is 10.9 Å². The molecule has 6 heteroatoms. The van der Waals surface area contributed by atoms with Crippen molar-refractivity contribution in [2.45, 2.75) is 45.6 Å². The summed E-state index contributed by atoms with van der Waals surface area (Å²) in [5.74, 6) is 1.30. The largest absolute Gasteiger partial charge is 0.382 e. The monoisotopic (exact) mass is 405 g/mol. The molecule has 164 valence electrons. The Morgan fingerprint density at radius 3 is 2.72 bits per heavy atom. The number of guanidine groups is 1. The lowest BCUT2D eigenvalue weighted by Crippen LogP contribution is -2.38. The van der Waals surface area contributed by atoms with Gasteiger partial charge in [-0.1, -0.05) is 29.8 Å². The lowest BCUT2D eigenvalue weighted by molar-refractivity contribution is -0.0250. The summed E-state index contributed by atoms with van der Waals surface area (Å²) in [6.45, 7) is 9.67. The molecule has 1 aliphatic heterocycles. The van der Waals surface area contributed by atoms with E-state index >= 15 is 0 Å². The lowest BCUT2D eigenvalue weighted by Gasteiger charge is -2.31. The first kappa shape index (κ1) is 23.6. The van der Waals surface area contributed by atoms with Gasteiger partial charge in [0.05, 0.1) is 19.3 Å². The van der Waals surface area contributed by atoms with Crippen LogP contribution < -0.4 is 10.6 Å². The molecule has 2 rings (SSSR count). The molecule has 1 saturated heterocycles. The van der Waals surface area contributed by atoms with Crippen LogP contribution in [0.1, 0.15) is 49.8 Å². The number of hydrogen-bond donors (Lipinski definition) is 2. The second kappa shape index (κ2) is 14.4. The molecule has 2 N–H and O–H groups in total. The van der Waals surface area contributed by atoms with Crippen LogP contribution in [0.15, 0.2) is 29.3 Å². The molecule has 1 heterocycles. The number of hydrogen-bond acceptors (Lipinski definition) is 4. The standard InChI is InChI=1S/C23H39N3O3/c1-4-24-23(25-13-5-6-14-28-17-16-27-3)26-18-21-8-7-15-29-22(21)20-11-9-19(2)10-12-20/h9-12,21-22H,4-8,13-18H2,1-3H3,(H2,24,25,26). The summed E-state index contributed by atoms with van der Waals surface area (Å²) in [7, 11) is 1.69. The van der Waals surface area contributed by atoms with Crippen molar-refractivity contribution >= 4 is 5.96 Å². The average Bonchev–Trinajstić information content (AvgIpc) is 2.74. The number of aliphatic imine (C=N–C) groups is 1. The summed E-state index contributed by atoms with van der Waals surface area (Å²) >= 11 is 0. The first-order valence-electron chi connectivity index (χ1n) is 11.0. The van der Waals surface area contributed by atoms with Crippen molar-refractivity contribution < 1.29 is 14.2 Å². The minimum Gasteiger partial charge on any atom is -0.382 e.